The molecule has 0 aliphatic carbocycles. The third kappa shape index (κ3) is 2.37. The maximum absolute atomic E-state index is 11.2. The molecular formula is C16H14ClNO2. The van der Waals surface area contributed by atoms with Crippen LogP contribution in [0.1, 0.15) is 15.9 Å². The number of rotatable bonds is 2. The molecule has 0 bridgehead atoms. The minimum absolute atomic E-state index is 0.570. The zero-order valence-corrected chi connectivity index (χ0v) is 11.6. The lowest BCUT2D eigenvalue weighted by atomic mass is 10.1. The summed E-state index contributed by atoms with van der Waals surface area (Å²) in [5.41, 5.74) is 2.49. The highest BCUT2D eigenvalue weighted by Gasteiger charge is 2.19. The van der Waals surface area contributed by atoms with E-state index in [9.17, 15) is 4.79 Å². The number of ether oxygens (including phenoxy) is 1. The lowest BCUT2D eigenvalue weighted by molar-refractivity contribution is 0.112. The van der Waals surface area contributed by atoms with Gasteiger partial charge >= 0.3 is 0 Å². The van der Waals surface area contributed by atoms with Gasteiger partial charge in [-0.1, -0.05) is 35.9 Å². The molecule has 0 saturated heterocycles. The van der Waals surface area contributed by atoms with Crippen LogP contribution >= 0.6 is 11.6 Å². The van der Waals surface area contributed by atoms with E-state index in [0.29, 0.717) is 30.3 Å². The highest BCUT2D eigenvalue weighted by atomic mass is 35.5. The molecule has 20 heavy (non-hydrogen) atoms. The van der Waals surface area contributed by atoms with Gasteiger partial charge in [0.2, 0.25) is 0 Å². The van der Waals surface area contributed by atoms with Crippen LogP contribution in [0.4, 0.5) is 5.69 Å². The summed E-state index contributed by atoms with van der Waals surface area (Å²) in [7, 11) is 0. The molecule has 4 heteroatoms. The van der Waals surface area contributed by atoms with Gasteiger partial charge in [0.1, 0.15) is 12.4 Å². The van der Waals surface area contributed by atoms with Gasteiger partial charge in [0.25, 0.3) is 0 Å². The summed E-state index contributed by atoms with van der Waals surface area (Å²) in [6.07, 6.45) is 0.846. The summed E-state index contributed by atoms with van der Waals surface area (Å²) < 4.78 is 5.74. The number of anilines is 1. The second-order valence-electron chi connectivity index (χ2n) is 4.67. The summed E-state index contributed by atoms with van der Waals surface area (Å²) >= 11 is 6.28. The number of halogens is 1. The number of hydrogen-bond donors (Lipinski definition) is 0. The number of hydrogen-bond acceptors (Lipinski definition) is 3. The molecule has 0 radical (unpaired) electrons. The Labute approximate surface area is 122 Å². The normalized spacial score (nSPS) is 14.2. The lowest BCUT2D eigenvalue weighted by Gasteiger charge is -2.24. The molecule has 0 amide bonds. The third-order valence-corrected chi connectivity index (χ3v) is 3.72. The van der Waals surface area contributed by atoms with E-state index in [2.05, 4.69) is 4.90 Å². The molecule has 0 atom stereocenters. The minimum Gasteiger partial charge on any atom is -0.491 e. The molecule has 0 saturated carbocycles. The first-order valence-electron chi connectivity index (χ1n) is 6.49. The van der Waals surface area contributed by atoms with Gasteiger partial charge in [-0.15, -0.1) is 0 Å². The van der Waals surface area contributed by atoms with Crippen molar-refractivity contribution in [3.63, 3.8) is 0 Å². The van der Waals surface area contributed by atoms with Crippen molar-refractivity contribution in [2.75, 3.05) is 18.1 Å². The molecule has 102 valence electrons. The standard InChI is InChI=1S/C16H14ClNO2/c17-14-6-3-5-13(11-19)16(14)18-8-9-20-15-7-2-1-4-12(15)10-18/h1-7,11H,8-10H2. The molecule has 0 fully saturated rings. The van der Waals surface area contributed by atoms with Gasteiger partial charge in [-0.2, -0.15) is 0 Å². The average molecular weight is 288 g/mol. The van der Waals surface area contributed by atoms with Crippen LogP contribution in [-0.4, -0.2) is 19.4 Å². The van der Waals surface area contributed by atoms with E-state index >= 15 is 0 Å². The highest BCUT2D eigenvalue weighted by molar-refractivity contribution is 6.33. The highest BCUT2D eigenvalue weighted by Crippen LogP contribution is 2.32. The van der Waals surface area contributed by atoms with E-state index in [1.165, 1.54) is 0 Å². The number of benzene rings is 2. The quantitative estimate of drug-likeness (QED) is 0.791. The van der Waals surface area contributed by atoms with Gasteiger partial charge in [0.15, 0.2) is 6.29 Å². The van der Waals surface area contributed by atoms with Crippen molar-refractivity contribution in [3.8, 4) is 5.75 Å². The molecule has 3 nitrogen and oxygen atoms in total. The molecule has 1 aliphatic rings. The Bertz CT molecular complexity index is 642. The number of carbonyl (C=O) groups excluding carboxylic acids is 1. The first kappa shape index (κ1) is 13.0. The van der Waals surface area contributed by atoms with E-state index in [1.54, 1.807) is 12.1 Å². The van der Waals surface area contributed by atoms with Crippen LogP contribution in [0, 0.1) is 0 Å². The van der Waals surface area contributed by atoms with Crippen molar-refractivity contribution in [2.45, 2.75) is 6.54 Å². The largest absolute Gasteiger partial charge is 0.491 e. The molecule has 1 aliphatic heterocycles. The molecule has 2 aromatic carbocycles. The zero-order chi connectivity index (χ0) is 13.9. The number of nitrogens with zero attached hydrogens (tertiary/aromatic N) is 1. The van der Waals surface area contributed by atoms with Crippen molar-refractivity contribution >= 4 is 23.6 Å². The second-order valence-corrected chi connectivity index (χ2v) is 5.08. The fraction of sp³-hybridized carbons (Fsp3) is 0.188. The Kier molecular flexibility index (Phi) is 3.61. The Balaban J connectivity index is 2.02. The van der Waals surface area contributed by atoms with Crippen molar-refractivity contribution in [3.05, 3.63) is 58.6 Å². The predicted octanol–water partition coefficient (Wildman–Crippen LogP) is 3.55. The maximum Gasteiger partial charge on any atom is 0.152 e. The first-order chi connectivity index (χ1) is 9.79. The van der Waals surface area contributed by atoms with E-state index in [4.69, 9.17) is 16.3 Å². The summed E-state index contributed by atoms with van der Waals surface area (Å²) in [4.78, 5) is 13.3. The van der Waals surface area contributed by atoms with Gasteiger partial charge < -0.3 is 9.64 Å². The van der Waals surface area contributed by atoms with Gasteiger partial charge in [0, 0.05) is 17.7 Å². The summed E-state index contributed by atoms with van der Waals surface area (Å²) in [6.45, 7) is 1.94. The number of aldehydes is 1. The topological polar surface area (TPSA) is 29.5 Å². The first-order valence-corrected chi connectivity index (χ1v) is 6.87. The zero-order valence-electron chi connectivity index (χ0n) is 10.9. The Morgan fingerprint density at radius 1 is 1.15 bits per heavy atom. The van der Waals surface area contributed by atoms with Crippen LogP contribution < -0.4 is 9.64 Å². The van der Waals surface area contributed by atoms with Gasteiger partial charge in [0.05, 0.1) is 17.3 Å². The summed E-state index contributed by atoms with van der Waals surface area (Å²) in [5.74, 6) is 0.898. The molecule has 0 N–H and O–H groups in total. The average Bonchev–Trinajstić information content (AvgIpc) is 2.68. The van der Waals surface area contributed by atoms with Crippen molar-refractivity contribution in [1.29, 1.82) is 0 Å². The van der Waals surface area contributed by atoms with Gasteiger partial charge in [-0.25, -0.2) is 0 Å². The molecule has 2 aromatic rings. The maximum atomic E-state index is 11.2. The summed E-state index contributed by atoms with van der Waals surface area (Å²) in [5, 5.41) is 0.592. The van der Waals surface area contributed by atoms with Gasteiger partial charge in [-0.3, -0.25) is 4.79 Å². The fourth-order valence-corrected chi connectivity index (χ4v) is 2.78. The second kappa shape index (κ2) is 5.55. The molecule has 0 unspecified atom stereocenters. The van der Waals surface area contributed by atoms with E-state index in [0.717, 1.165) is 23.3 Å². The van der Waals surface area contributed by atoms with E-state index in [-0.39, 0.29) is 0 Å². The number of para-hydroxylation sites is 2. The van der Waals surface area contributed by atoms with Crippen LogP contribution in [0.5, 0.6) is 5.75 Å². The number of carbonyl (C=O) groups is 1. The smallest absolute Gasteiger partial charge is 0.152 e. The Morgan fingerprint density at radius 2 is 2.00 bits per heavy atom. The molecular weight excluding hydrogens is 274 g/mol. The van der Waals surface area contributed by atoms with Crippen LogP contribution in [0.2, 0.25) is 5.02 Å². The Hall–Kier alpha value is -2.00. The van der Waals surface area contributed by atoms with Crippen LogP contribution in [0.25, 0.3) is 0 Å². The van der Waals surface area contributed by atoms with Crippen molar-refractivity contribution in [1.82, 2.24) is 0 Å². The fourth-order valence-electron chi connectivity index (χ4n) is 2.48. The van der Waals surface area contributed by atoms with E-state index in [1.807, 2.05) is 30.3 Å². The molecule has 1 heterocycles. The minimum atomic E-state index is 0.570. The van der Waals surface area contributed by atoms with Crippen molar-refractivity contribution < 1.29 is 9.53 Å². The number of fused-ring (bicyclic) bond motifs is 1. The molecule has 3 rings (SSSR count). The monoisotopic (exact) mass is 287 g/mol. The lowest BCUT2D eigenvalue weighted by Crippen LogP contribution is -2.26. The third-order valence-electron chi connectivity index (χ3n) is 3.41. The van der Waals surface area contributed by atoms with Crippen LogP contribution in [0.15, 0.2) is 42.5 Å². The predicted molar refractivity (Wildman–Crippen MR) is 79.8 cm³/mol. The van der Waals surface area contributed by atoms with E-state index < -0.39 is 0 Å². The van der Waals surface area contributed by atoms with Crippen molar-refractivity contribution in [2.24, 2.45) is 0 Å². The van der Waals surface area contributed by atoms with Crippen LogP contribution in [-0.2, 0) is 6.54 Å². The SMILES string of the molecule is O=Cc1cccc(Cl)c1N1CCOc2ccccc2C1. The summed E-state index contributed by atoms with van der Waals surface area (Å²) in [6, 6.07) is 13.3. The van der Waals surface area contributed by atoms with Crippen LogP contribution in [0.3, 0.4) is 0 Å². The van der Waals surface area contributed by atoms with Gasteiger partial charge in [-0.05, 0) is 18.2 Å². The Morgan fingerprint density at radius 3 is 2.85 bits per heavy atom. The molecule has 0 spiro atoms. The molecule has 0 aromatic heterocycles.